The monoisotopic (exact) mass is 270 g/mol. The number of aliphatic carboxylic acids is 1. The number of carboxylic acids is 1. The van der Waals surface area contributed by atoms with Crippen molar-refractivity contribution in [1.82, 2.24) is 5.32 Å². The van der Waals surface area contributed by atoms with Crippen LogP contribution in [0.25, 0.3) is 0 Å². The molecular weight excluding hydrogens is 244 g/mol. The summed E-state index contributed by atoms with van der Waals surface area (Å²) in [6.07, 6.45) is 4.16. The minimum atomic E-state index is -0.808. The van der Waals surface area contributed by atoms with E-state index in [1.807, 2.05) is 20.8 Å². The van der Waals surface area contributed by atoms with E-state index in [-0.39, 0.29) is 17.9 Å². The van der Waals surface area contributed by atoms with E-state index in [0.29, 0.717) is 12.8 Å². The highest BCUT2D eigenvalue weighted by Gasteiger charge is 2.40. The second-order valence-corrected chi connectivity index (χ2v) is 6.71. The van der Waals surface area contributed by atoms with Crippen molar-refractivity contribution in [3.05, 3.63) is 0 Å². The van der Waals surface area contributed by atoms with Crippen molar-refractivity contribution in [2.24, 2.45) is 16.6 Å². The first kappa shape index (κ1) is 16.0. The Morgan fingerprint density at radius 1 is 1.26 bits per heavy atom. The molecule has 1 amide bonds. The maximum Gasteiger partial charge on any atom is 0.311 e. The number of rotatable bonds is 4. The van der Waals surface area contributed by atoms with Crippen LogP contribution in [0.5, 0.6) is 0 Å². The normalized spacial score (nSPS) is 20.6. The lowest BCUT2D eigenvalue weighted by Gasteiger charge is -2.34. The fraction of sp³-hybridized carbons (Fsp3) is 0.857. The Morgan fingerprint density at radius 2 is 1.79 bits per heavy atom. The molecule has 0 aromatic heterocycles. The van der Waals surface area contributed by atoms with Crippen molar-refractivity contribution in [2.45, 2.75) is 58.9 Å². The van der Waals surface area contributed by atoms with Crippen molar-refractivity contribution in [2.75, 3.05) is 6.54 Å². The van der Waals surface area contributed by atoms with Crippen LogP contribution in [-0.4, -0.2) is 29.6 Å². The third kappa shape index (κ3) is 3.93. The molecule has 0 aromatic carbocycles. The molecule has 0 aromatic rings. The van der Waals surface area contributed by atoms with Gasteiger partial charge in [0.05, 0.1) is 11.5 Å². The van der Waals surface area contributed by atoms with Crippen LogP contribution >= 0.6 is 0 Å². The maximum absolute atomic E-state index is 12.0. The Bertz CT molecular complexity index is 341. The highest BCUT2D eigenvalue weighted by Crippen LogP contribution is 2.36. The van der Waals surface area contributed by atoms with Crippen molar-refractivity contribution in [1.29, 1.82) is 0 Å². The molecule has 5 heteroatoms. The van der Waals surface area contributed by atoms with Crippen LogP contribution in [0, 0.1) is 10.8 Å². The molecule has 1 aliphatic carbocycles. The lowest BCUT2D eigenvalue weighted by molar-refractivity contribution is -0.151. The molecule has 1 saturated carbocycles. The largest absolute Gasteiger partial charge is 0.481 e. The van der Waals surface area contributed by atoms with Gasteiger partial charge < -0.3 is 16.2 Å². The number of hydrogen-bond donors (Lipinski definition) is 3. The summed E-state index contributed by atoms with van der Waals surface area (Å²) in [6.45, 7) is 5.87. The van der Waals surface area contributed by atoms with E-state index in [1.165, 1.54) is 0 Å². The second kappa shape index (κ2) is 5.90. The molecule has 1 rings (SSSR count). The maximum atomic E-state index is 12.0. The van der Waals surface area contributed by atoms with Crippen molar-refractivity contribution in [3.63, 3.8) is 0 Å². The van der Waals surface area contributed by atoms with E-state index >= 15 is 0 Å². The highest BCUT2D eigenvalue weighted by molar-refractivity contribution is 5.83. The quantitative estimate of drug-likeness (QED) is 0.722. The second-order valence-electron chi connectivity index (χ2n) is 6.71. The van der Waals surface area contributed by atoms with E-state index in [4.69, 9.17) is 5.73 Å². The van der Waals surface area contributed by atoms with Crippen LogP contribution in [-0.2, 0) is 9.59 Å². The number of carboxylic acid groups (broad SMARTS) is 1. The summed E-state index contributed by atoms with van der Waals surface area (Å²) in [5, 5.41) is 12.2. The Labute approximate surface area is 114 Å². The van der Waals surface area contributed by atoms with Gasteiger partial charge >= 0.3 is 5.97 Å². The third-order valence-electron chi connectivity index (χ3n) is 4.08. The fourth-order valence-electron chi connectivity index (χ4n) is 2.45. The molecule has 19 heavy (non-hydrogen) atoms. The molecule has 4 N–H and O–H groups in total. The van der Waals surface area contributed by atoms with Gasteiger partial charge in [-0.1, -0.05) is 40.0 Å². The number of carbonyl (C=O) groups is 2. The molecule has 110 valence electrons. The lowest BCUT2D eigenvalue weighted by atomic mass is 9.74. The summed E-state index contributed by atoms with van der Waals surface area (Å²) >= 11 is 0. The first-order chi connectivity index (χ1) is 8.69. The number of amides is 1. The molecule has 0 saturated heterocycles. The van der Waals surface area contributed by atoms with Crippen LogP contribution in [0.1, 0.15) is 52.9 Å². The summed E-state index contributed by atoms with van der Waals surface area (Å²) in [7, 11) is 0. The van der Waals surface area contributed by atoms with Gasteiger partial charge in [0.15, 0.2) is 0 Å². The van der Waals surface area contributed by atoms with E-state index < -0.39 is 17.4 Å². The van der Waals surface area contributed by atoms with Crippen LogP contribution in [0.2, 0.25) is 0 Å². The van der Waals surface area contributed by atoms with Gasteiger partial charge in [0.2, 0.25) is 5.91 Å². The zero-order valence-electron chi connectivity index (χ0n) is 12.2. The molecule has 0 bridgehead atoms. The molecule has 1 fully saturated rings. The SMILES string of the molecule is CC(C)(C)[C@@H](N)C(=O)NCC1(C(=O)O)CCCCC1. The third-order valence-corrected chi connectivity index (χ3v) is 4.08. The molecule has 1 aliphatic rings. The first-order valence-corrected chi connectivity index (χ1v) is 6.96. The Hall–Kier alpha value is -1.10. The first-order valence-electron chi connectivity index (χ1n) is 6.96. The minimum Gasteiger partial charge on any atom is -0.481 e. The van der Waals surface area contributed by atoms with Crippen molar-refractivity contribution < 1.29 is 14.7 Å². The standard InChI is InChI=1S/C14H26N2O3/c1-13(2,3)10(15)11(17)16-9-14(12(18)19)7-5-4-6-8-14/h10H,4-9,15H2,1-3H3,(H,16,17)(H,18,19)/t10-/m0/s1. The van der Waals surface area contributed by atoms with Crippen LogP contribution in [0.3, 0.4) is 0 Å². The van der Waals surface area contributed by atoms with Crippen molar-refractivity contribution >= 4 is 11.9 Å². The van der Waals surface area contributed by atoms with Gasteiger partial charge in [-0.3, -0.25) is 9.59 Å². The van der Waals surface area contributed by atoms with Gasteiger partial charge in [-0.2, -0.15) is 0 Å². The highest BCUT2D eigenvalue weighted by atomic mass is 16.4. The Morgan fingerprint density at radius 3 is 2.21 bits per heavy atom. The number of nitrogens with two attached hydrogens (primary N) is 1. The van der Waals surface area contributed by atoms with Gasteiger partial charge in [0.25, 0.3) is 0 Å². The Kier molecular flexibility index (Phi) is 4.96. The van der Waals surface area contributed by atoms with Crippen LogP contribution < -0.4 is 11.1 Å². The van der Waals surface area contributed by atoms with Gasteiger partial charge in [0, 0.05) is 6.54 Å². The zero-order chi connectivity index (χ0) is 14.7. The van der Waals surface area contributed by atoms with Gasteiger partial charge in [-0.15, -0.1) is 0 Å². The van der Waals surface area contributed by atoms with E-state index in [1.54, 1.807) is 0 Å². The van der Waals surface area contributed by atoms with Crippen LogP contribution in [0.4, 0.5) is 0 Å². The molecule has 1 atom stereocenters. The fourth-order valence-corrected chi connectivity index (χ4v) is 2.45. The minimum absolute atomic E-state index is 0.185. The molecule has 0 spiro atoms. The Balaban J connectivity index is 2.63. The predicted molar refractivity (Wildman–Crippen MR) is 73.6 cm³/mol. The zero-order valence-corrected chi connectivity index (χ0v) is 12.2. The summed E-state index contributed by atoms with van der Waals surface area (Å²) in [4.78, 5) is 23.4. The van der Waals surface area contributed by atoms with Gasteiger partial charge in [-0.05, 0) is 18.3 Å². The van der Waals surface area contributed by atoms with E-state index in [0.717, 1.165) is 19.3 Å². The summed E-state index contributed by atoms with van der Waals surface area (Å²) < 4.78 is 0. The van der Waals surface area contributed by atoms with Crippen molar-refractivity contribution in [3.8, 4) is 0 Å². The summed E-state index contributed by atoms with van der Waals surface area (Å²) in [5.41, 5.74) is 4.74. The van der Waals surface area contributed by atoms with E-state index in [9.17, 15) is 14.7 Å². The average Bonchev–Trinajstić information content (AvgIpc) is 2.34. The molecular formula is C14H26N2O3. The van der Waals surface area contributed by atoms with Gasteiger partial charge in [0.1, 0.15) is 0 Å². The lowest BCUT2D eigenvalue weighted by Crippen LogP contribution is -2.52. The summed E-state index contributed by atoms with van der Waals surface area (Å²) in [6, 6.07) is -0.623. The topological polar surface area (TPSA) is 92.4 Å². The molecule has 0 radical (unpaired) electrons. The number of carbonyl (C=O) groups excluding carboxylic acids is 1. The molecule has 0 heterocycles. The van der Waals surface area contributed by atoms with E-state index in [2.05, 4.69) is 5.32 Å². The molecule has 5 nitrogen and oxygen atoms in total. The van der Waals surface area contributed by atoms with Crippen LogP contribution in [0.15, 0.2) is 0 Å². The number of nitrogens with one attached hydrogen (secondary N) is 1. The van der Waals surface area contributed by atoms with Gasteiger partial charge in [-0.25, -0.2) is 0 Å². The predicted octanol–water partition coefficient (Wildman–Crippen LogP) is 1.51. The number of hydrogen-bond acceptors (Lipinski definition) is 3. The molecule has 0 aliphatic heterocycles. The smallest absolute Gasteiger partial charge is 0.311 e. The average molecular weight is 270 g/mol. The summed E-state index contributed by atoms with van der Waals surface area (Å²) in [5.74, 6) is -1.07. The molecule has 0 unspecified atom stereocenters.